The predicted octanol–water partition coefficient (Wildman–Crippen LogP) is 4.41. The lowest BCUT2D eigenvalue weighted by atomic mass is 10.0. The molecule has 0 unspecified atom stereocenters. The van der Waals surface area contributed by atoms with Crippen LogP contribution in [0.15, 0.2) is 78.9 Å². The van der Waals surface area contributed by atoms with Gasteiger partial charge in [-0.15, -0.1) is 0 Å². The van der Waals surface area contributed by atoms with Crippen LogP contribution in [0.5, 0.6) is 0 Å². The van der Waals surface area contributed by atoms with E-state index in [1.165, 1.54) is 12.1 Å². The first kappa shape index (κ1) is 22.5. The number of amides is 2. The zero-order chi connectivity index (χ0) is 22.2. The SMILES string of the molecule is CNC(=O)[C@@H](Cc1ccccc1)N(Cc1ccccc1Cl)C(=O)Cc1ccc(F)cc1. The van der Waals surface area contributed by atoms with E-state index in [2.05, 4.69) is 5.32 Å². The summed E-state index contributed by atoms with van der Waals surface area (Å²) in [6.07, 6.45) is 0.410. The van der Waals surface area contributed by atoms with Gasteiger partial charge in [-0.25, -0.2) is 4.39 Å². The number of benzene rings is 3. The average Bonchev–Trinajstić information content (AvgIpc) is 2.79. The second-order valence-electron chi connectivity index (χ2n) is 7.24. The minimum atomic E-state index is -0.725. The summed E-state index contributed by atoms with van der Waals surface area (Å²) in [5.41, 5.74) is 2.36. The Morgan fingerprint density at radius 2 is 1.58 bits per heavy atom. The van der Waals surface area contributed by atoms with Crippen LogP contribution in [0.3, 0.4) is 0 Å². The number of nitrogens with zero attached hydrogens (tertiary/aromatic N) is 1. The van der Waals surface area contributed by atoms with E-state index in [0.29, 0.717) is 17.0 Å². The third-order valence-electron chi connectivity index (χ3n) is 5.08. The van der Waals surface area contributed by atoms with Gasteiger partial charge < -0.3 is 10.2 Å². The van der Waals surface area contributed by atoms with Crippen molar-refractivity contribution < 1.29 is 14.0 Å². The van der Waals surface area contributed by atoms with Gasteiger partial charge in [-0.2, -0.15) is 0 Å². The van der Waals surface area contributed by atoms with Crippen LogP contribution in [-0.4, -0.2) is 29.8 Å². The first-order valence-electron chi connectivity index (χ1n) is 10.0. The molecule has 6 heteroatoms. The minimum absolute atomic E-state index is 0.0486. The van der Waals surface area contributed by atoms with Crippen LogP contribution >= 0.6 is 11.6 Å². The Bertz CT molecular complexity index is 1030. The molecule has 3 aromatic rings. The van der Waals surface area contributed by atoms with Crippen molar-refractivity contribution in [3.63, 3.8) is 0 Å². The summed E-state index contributed by atoms with van der Waals surface area (Å²) in [5.74, 6) is -0.865. The molecule has 0 saturated carbocycles. The van der Waals surface area contributed by atoms with Gasteiger partial charge in [0, 0.05) is 25.0 Å². The van der Waals surface area contributed by atoms with Crippen LogP contribution < -0.4 is 5.32 Å². The van der Waals surface area contributed by atoms with E-state index in [0.717, 1.165) is 11.1 Å². The maximum Gasteiger partial charge on any atom is 0.242 e. The monoisotopic (exact) mass is 438 g/mol. The normalized spacial score (nSPS) is 11.6. The molecule has 0 heterocycles. The Hall–Kier alpha value is -3.18. The van der Waals surface area contributed by atoms with Crippen molar-refractivity contribution in [1.82, 2.24) is 10.2 Å². The van der Waals surface area contributed by atoms with Crippen molar-refractivity contribution in [2.45, 2.75) is 25.4 Å². The van der Waals surface area contributed by atoms with Crippen LogP contribution in [0.25, 0.3) is 0 Å². The van der Waals surface area contributed by atoms with E-state index in [4.69, 9.17) is 11.6 Å². The molecular formula is C25H24ClFN2O2. The third kappa shape index (κ3) is 6.15. The first-order chi connectivity index (χ1) is 15.0. The van der Waals surface area contributed by atoms with Gasteiger partial charge >= 0.3 is 0 Å². The fraction of sp³-hybridized carbons (Fsp3) is 0.200. The Morgan fingerprint density at radius 1 is 0.935 bits per heavy atom. The second kappa shape index (κ2) is 10.7. The lowest BCUT2D eigenvalue weighted by molar-refractivity contribution is -0.140. The van der Waals surface area contributed by atoms with Gasteiger partial charge in [0.1, 0.15) is 11.9 Å². The maximum atomic E-state index is 13.4. The number of rotatable bonds is 8. The highest BCUT2D eigenvalue weighted by Gasteiger charge is 2.30. The van der Waals surface area contributed by atoms with Crippen LogP contribution in [0.4, 0.5) is 4.39 Å². The molecule has 1 atom stereocenters. The fourth-order valence-electron chi connectivity index (χ4n) is 3.41. The lowest BCUT2D eigenvalue weighted by Gasteiger charge is -2.31. The minimum Gasteiger partial charge on any atom is -0.357 e. The Morgan fingerprint density at radius 3 is 2.23 bits per heavy atom. The third-order valence-corrected chi connectivity index (χ3v) is 5.45. The summed E-state index contributed by atoms with van der Waals surface area (Å²) in [6.45, 7) is 0.185. The zero-order valence-corrected chi connectivity index (χ0v) is 18.0. The van der Waals surface area contributed by atoms with Gasteiger partial charge in [-0.05, 0) is 34.9 Å². The number of carbonyl (C=O) groups is 2. The highest BCUT2D eigenvalue weighted by Crippen LogP contribution is 2.21. The molecule has 0 spiro atoms. The summed E-state index contributed by atoms with van der Waals surface area (Å²) in [4.78, 5) is 27.8. The van der Waals surface area contributed by atoms with Crippen molar-refractivity contribution in [3.05, 3.63) is 106 Å². The van der Waals surface area contributed by atoms with Crippen molar-refractivity contribution >= 4 is 23.4 Å². The number of likely N-dealkylation sites (N-methyl/N-ethyl adjacent to an activating group) is 1. The van der Waals surface area contributed by atoms with Gasteiger partial charge in [0.2, 0.25) is 11.8 Å². The molecule has 0 radical (unpaired) electrons. The molecule has 1 N–H and O–H groups in total. The van der Waals surface area contributed by atoms with E-state index < -0.39 is 6.04 Å². The summed E-state index contributed by atoms with van der Waals surface area (Å²) in [6, 6.07) is 21.9. The largest absolute Gasteiger partial charge is 0.357 e. The predicted molar refractivity (Wildman–Crippen MR) is 120 cm³/mol. The van der Waals surface area contributed by atoms with E-state index in [1.807, 2.05) is 48.5 Å². The van der Waals surface area contributed by atoms with E-state index in [1.54, 1.807) is 30.1 Å². The summed E-state index contributed by atoms with van der Waals surface area (Å²) < 4.78 is 13.3. The van der Waals surface area contributed by atoms with Gasteiger partial charge in [0.05, 0.1) is 6.42 Å². The molecule has 31 heavy (non-hydrogen) atoms. The summed E-state index contributed by atoms with van der Waals surface area (Å²) in [5, 5.41) is 3.20. The molecule has 2 amide bonds. The van der Waals surface area contributed by atoms with Gasteiger partial charge in [0.25, 0.3) is 0 Å². The molecule has 0 aliphatic heterocycles. The maximum absolute atomic E-state index is 13.4. The number of nitrogens with one attached hydrogen (secondary N) is 1. The van der Waals surface area contributed by atoms with Gasteiger partial charge in [0.15, 0.2) is 0 Å². The van der Waals surface area contributed by atoms with Gasteiger partial charge in [-0.1, -0.05) is 72.3 Å². The number of halogens is 2. The quantitative estimate of drug-likeness (QED) is 0.566. The number of carbonyl (C=O) groups excluding carboxylic acids is 2. The van der Waals surface area contributed by atoms with Crippen LogP contribution in [0.2, 0.25) is 5.02 Å². The summed E-state index contributed by atoms with van der Waals surface area (Å²) in [7, 11) is 1.55. The van der Waals surface area contributed by atoms with Crippen molar-refractivity contribution in [1.29, 1.82) is 0 Å². The van der Waals surface area contributed by atoms with E-state index in [9.17, 15) is 14.0 Å². The molecule has 0 bridgehead atoms. The Balaban J connectivity index is 1.94. The number of hydrogen-bond donors (Lipinski definition) is 1. The zero-order valence-electron chi connectivity index (χ0n) is 17.2. The Kier molecular flexibility index (Phi) is 7.79. The standard InChI is InChI=1S/C25H24ClFN2O2/c1-28-25(31)23(15-18-7-3-2-4-8-18)29(17-20-9-5-6-10-22(20)26)24(30)16-19-11-13-21(27)14-12-19/h2-14,23H,15-17H2,1H3,(H,28,31)/t23-/m1/s1. The second-order valence-corrected chi connectivity index (χ2v) is 7.64. The molecule has 4 nitrogen and oxygen atoms in total. The van der Waals surface area contributed by atoms with E-state index in [-0.39, 0.29) is 30.6 Å². The van der Waals surface area contributed by atoms with Crippen LogP contribution in [0.1, 0.15) is 16.7 Å². The van der Waals surface area contributed by atoms with Crippen LogP contribution in [0, 0.1) is 5.82 Å². The molecule has 0 saturated heterocycles. The Labute approximate surface area is 186 Å². The van der Waals surface area contributed by atoms with E-state index >= 15 is 0 Å². The molecule has 0 aromatic heterocycles. The van der Waals surface area contributed by atoms with Crippen LogP contribution in [-0.2, 0) is 29.0 Å². The summed E-state index contributed by atoms with van der Waals surface area (Å²) >= 11 is 6.35. The molecule has 0 aliphatic rings. The average molecular weight is 439 g/mol. The van der Waals surface area contributed by atoms with Crippen molar-refractivity contribution in [2.24, 2.45) is 0 Å². The molecule has 3 rings (SSSR count). The molecule has 160 valence electrons. The smallest absolute Gasteiger partial charge is 0.242 e. The number of hydrogen-bond acceptors (Lipinski definition) is 2. The molecule has 0 fully saturated rings. The molecule has 3 aromatic carbocycles. The van der Waals surface area contributed by atoms with Crippen molar-refractivity contribution in [2.75, 3.05) is 7.05 Å². The molecular weight excluding hydrogens is 415 g/mol. The van der Waals surface area contributed by atoms with Gasteiger partial charge in [-0.3, -0.25) is 9.59 Å². The highest BCUT2D eigenvalue weighted by atomic mass is 35.5. The fourth-order valence-corrected chi connectivity index (χ4v) is 3.60. The highest BCUT2D eigenvalue weighted by molar-refractivity contribution is 6.31. The van der Waals surface area contributed by atoms with Crippen molar-refractivity contribution in [3.8, 4) is 0 Å². The topological polar surface area (TPSA) is 49.4 Å². The first-order valence-corrected chi connectivity index (χ1v) is 10.4. The lowest BCUT2D eigenvalue weighted by Crippen LogP contribution is -2.50. The molecule has 0 aliphatic carbocycles.